The molecule has 2 aliphatic rings. The van der Waals surface area contributed by atoms with Crippen LogP contribution in [-0.4, -0.2) is 67.2 Å². The quantitative estimate of drug-likeness (QED) is 0.274. The SMILES string of the molecule is COc1nc2c(C(=O)Nc3cc(CNS(C)(=O)=O)c4nc(C)cn4c3)ccc(N3CCC(NC4CC4)CC3)c2s1. The maximum absolute atomic E-state index is 13.6. The van der Waals surface area contributed by atoms with E-state index in [0.717, 1.165) is 48.3 Å². The molecule has 1 saturated carbocycles. The molecule has 11 nitrogen and oxygen atoms in total. The molecule has 13 heteroatoms. The fourth-order valence-corrected chi connectivity index (χ4v) is 6.63. The number of imidazole rings is 1. The summed E-state index contributed by atoms with van der Waals surface area (Å²) in [6.45, 7) is 3.80. The number of methoxy groups -OCH3 is 1. The van der Waals surface area contributed by atoms with Gasteiger partial charge in [-0.2, -0.15) is 0 Å². The van der Waals surface area contributed by atoms with E-state index in [1.165, 1.54) is 24.2 Å². The monoisotopic (exact) mass is 583 g/mol. The number of pyridine rings is 1. The van der Waals surface area contributed by atoms with Gasteiger partial charge in [-0.05, 0) is 50.8 Å². The van der Waals surface area contributed by atoms with Gasteiger partial charge in [-0.1, -0.05) is 11.3 Å². The Kier molecular flexibility index (Phi) is 7.15. The lowest BCUT2D eigenvalue weighted by Gasteiger charge is -2.34. The molecule has 40 heavy (non-hydrogen) atoms. The summed E-state index contributed by atoms with van der Waals surface area (Å²) in [6, 6.07) is 6.84. The number of nitrogens with zero attached hydrogens (tertiary/aromatic N) is 4. The van der Waals surface area contributed by atoms with E-state index in [2.05, 4.69) is 30.2 Å². The van der Waals surface area contributed by atoms with Crippen LogP contribution in [-0.2, 0) is 16.6 Å². The number of benzene rings is 1. The molecule has 1 aliphatic heterocycles. The molecule has 0 spiro atoms. The van der Waals surface area contributed by atoms with Crippen molar-refractivity contribution in [3.8, 4) is 5.19 Å². The van der Waals surface area contributed by atoms with Gasteiger partial charge in [0.1, 0.15) is 11.2 Å². The molecule has 0 radical (unpaired) electrons. The first kappa shape index (κ1) is 26.9. The van der Waals surface area contributed by atoms with E-state index in [1.807, 2.05) is 25.3 Å². The highest BCUT2D eigenvalue weighted by atomic mass is 32.2. The van der Waals surface area contributed by atoms with E-state index >= 15 is 0 Å². The summed E-state index contributed by atoms with van der Waals surface area (Å²) in [5, 5.41) is 7.23. The van der Waals surface area contributed by atoms with Gasteiger partial charge in [0, 0.05) is 49.7 Å². The summed E-state index contributed by atoms with van der Waals surface area (Å²) in [5.41, 5.74) is 4.69. The predicted molar refractivity (Wildman–Crippen MR) is 157 cm³/mol. The van der Waals surface area contributed by atoms with Crippen molar-refractivity contribution >= 4 is 54.5 Å². The van der Waals surface area contributed by atoms with Gasteiger partial charge in [0.25, 0.3) is 11.1 Å². The number of hydrogen-bond acceptors (Lipinski definition) is 9. The fourth-order valence-electron chi connectivity index (χ4n) is 5.26. The predicted octanol–water partition coefficient (Wildman–Crippen LogP) is 3.28. The number of sulfonamides is 1. The van der Waals surface area contributed by atoms with Crippen molar-refractivity contribution in [1.82, 2.24) is 24.4 Å². The Labute approximate surface area is 237 Å². The van der Waals surface area contributed by atoms with Crippen molar-refractivity contribution in [1.29, 1.82) is 0 Å². The van der Waals surface area contributed by atoms with Crippen LogP contribution in [0.25, 0.3) is 15.9 Å². The maximum Gasteiger partial charge on any atom is 0.274 e. The van der Waals surface area contributed by atoms with Gasteiger partial charge >= 0.3 is 0 Å². The normalized spacial score (nSPS) is 16.6. The van der Waals surface area contributed by atoms with E-state index in [0.29, 0.717) is 45.3 Å². The van der Waals surface area contributed by atoms with E-state index in [9.17, 15) is 13.2 Å². The van der Waals surface area contributed by atoms with Gasteiger partial charge in [0.05, 0.1) is 40.7 Å². The van der Waals surface area contributed by atoms with Crippen LogP contribution in [0.5, 0.6) is 5.19 Å². The van der Waals surface area contributed by atoms with Crippen molar-refractivity contribution in [3.63, 3.8) is 0 Å². The number of aromatic nitrogens is 3. The van der Waals surface area contributed by atoms with Gasteiger partial charge in [0.2, 0.25) is 10.0 Å². The van der Waals surface area contributed by atoms with E-state index < -0.39 is 10.0 Å². The molecule has 1 amide bonds. The molecular formula is C27H33N7O4S2. The first-order valence-corrected chi connectivity index (χ1v) is 16.1. The highest BCUT2D eigenvalue weighted by molar-refractivity contribution is 7.88. The first-order valence-electron chi connectivity index (χ1n) is 13.4. The summed E-state index contributed by atoms with van der Waals surface area (Å²) >= 11 is 1.44. The standard InChI is InChI=1S/C27H33N7O4S2/c1-16-14-34-15-20(12-17(25(34)29-16)13-28-40(3,36)37)31-26(35)21-6-7-22(24-23(21)32-27(38-2)39-24)33-10-8-19(9-11-33)30-18-4-5-18/h6-7,12,14-15,18-19,28,30H,4-5,8-11,13H2,1-3H3,(H,31,35). The van der Waals surface area contributed by atoms with E-state index in [1.54, 1.807) is 23.8 Å². The lowest BCUT2D eigenvalue weighted by molar-refractivity contribution is 0.102. The molecule has 1 aromatic carbocycles. The number of amides is 1. The highest BCUT2D eigenvalue weighted by Gasteiger charge is 2.28. The molecule has 212 valence electrons. The molecule has 0 atom stereocenters. The second-order valence-electron chi connectivity index (χ2n) is 10.6. The summed E-state index contributed by atoms with van der Waals surface area (Å²) < 4.78 is 34.1. The summed E-state index contributed by atoms with van der Waals surface area (Å²) in [7, 11) is -1.82. The van der Waals surface area contributed by atoms with Crippen LogP contribution in [0, 0.1) is 6.92 Å². The average Bonchev–Trinajstić information content (AvgIpc) is 3.48. The van der Waals surface area contributed by atoms with Crippen LogP contribution in [0.15, 0.2) is 30.6 Å². The van der Waals surface area contributed by atoms with Crippen molar-refractivity contribution in [3.05, 3.63) is 47.4 Å². The Hall–Kier alpha value is -3.26. The van der Waals surface area contributed by atoms with Crippen LogP contribution < -0.4 is 25.0 Å². The molecular weight excluding hydrogens is 550 g/mol. The molecule has 3 aromatic heterocycles. The van der Waals surface area contributed by atoms with Gasteiger partial charge in [-0.25, -0.2) is 23.1 Å². The Bertz CT molecular complexity index is 1690. The first-order chi connectivity index (χ1) is 19.2. The Morgan fingerprint density at radius 3 is 2.58 bits per heavy atom. The zero-order valence-corrected chi connectivity index (χ0v) is 24.4. The van der Waals surface area contributed by atoms with Crippen molar-refractivity contribution in [2.24, 2.45) is 0 Å². The largest absolute Gasteiger partial charge is 0.473 e. The van der Waals surface area contributed by atoms with Crippen LogP contribution >= 0.6 is 11.3 Å². The summed E-state index contributed by atoms with van der Waals surface area (Å²) in [5.74, 6) is -0.310. The van der Waals surface area contributed by atoms with Crippen LogP contribution in [0.4, 0.5) is 11.4 Å². The third-order valence-corrected chi connectivity index (χ3v) is 9.05. The van der Waals surface area contributed by atoms with Gasteiger partial charge < -0.3 is 24.7 Å². The minimum absolute atomic E-state index is 0.0532. The number of piperidine rings is 1. The number of hydrogen-bond donors (Lipinski definition) is 3. The number of thiazole rings is 1. The molecule has 4 heterocycles. The number of carbonyl (C=O) groups is 1. The second-order valence-corrected chi connectivity index (χ2v) is 13.4. The number of fused-ring (bicyclic) bond motifs is 2. The molecule has 2 fully saturated rings. The Balaban J connectivity index is 1.27. The van der Waals surface area contributed by atoms with Crippen molar-refractivity contribution < 1.29 is 17.9 Å². The highest BCUT2D eigenvalue weighted by Crippen LogP contribution is 2.38. The minimum atomic E-state index is -3.41. The zero-order chi connectivity index (χ0) is 28.0. The number of anilines is 2. The number of nitrogens with one attached hydrogen (secondary N) is 3. The lowest BCUT2D eigenvalue weighted by atomic mass is 10.0. The summed E-state index contributed by atoms with van der Waals surface area (Å²) in [6.07, 6.45) is 9.46. The van der Waals surface area contributed by atoms with Crippen LogP contribution in [0.2, 0.25) is 0 Å². The van der Waals surface area contributed by atoms with Crippen LogP contribution in [0.1, 0.15) is 47.3 Å². The van der Waals surface area contributed by atoms with Gasteiger partial charge in [0.15, 0.2) is 0 Å². The van der Waals surface area contributed by atoms with Crippen molar-refractivity contribution in [2.75, 3.05) is 36.7 Å². The van der Waals surface area contributed by atoms with E-state index in [4.69, 9.17) is 4.74 Å². The van der Waals surface area contributed by atoms with Crippen LogP contribution in [0.3, 0.4) is 0 Å². The number of ether oxygens (including phenoxy) is 1. The average molecular weight is 584 g/mol. The molecule has 4 aromatic rings. The lowest BCUT2D eigenvalue weighted by Crippen LogP contribution is -2.43. The Morgan fingerprint density at radius 1 is 1.12 bits per heavy atom. The molecule has 1 aliphatic carbocycles. The zero-order valence-electron chi connectivity index (χ0n) is 22.7. The third kappa shape index (κ3) is 5.78. The third-order valence-electron chi connectivity index (χ3n) is 7.34. The Morgan fingerprint density at radius 2 is 1.88 bits per heavy atom. The molecule has 0 unspecified atom stereocenters. The smallest absolute Gasteiger partial charge is 0.274 e. The van der Waals surface area contributed by atoms with Gasteiger partial charge in [-0.3, -0.25) is 4.79 Å². The second kappa shape index (κ2) is 10.6. The molecule has 3 N–H and O–H groups in total. The maximum atomic E-state index is 13.6. The fraction of sp³-hybridized carbons (Fsp3) is 0.444. The number of carbonyl (C=O) groups excluding carboxylic acids is 1. The molecule has 0 bridgehead atoms. The molecule has 6 rings (SSSR count). The van der Waals surface area contributed by atoms with Crippen molar-refractivity contribution in [2.45, 2.75) is 51.2 Å². The molecule has 1 saturated heterocycles. The number of aryl methyl sites for hydroxylation is 1. The number of rotatable bonds is 9. The van der Waals surface area contributed by atoms with E-state index in [-0.39, 0.29) is 12.5 Å². The minimum Gasteiger partial charge on any atom is -0.473 e. The topological polar surface area (TPSA) is 130 Å². The summed E-state index contributed by atoms with van der Waals surface area (Å²) in [4.78, 5) is 25.1. The van der Waals surface area contributed by atoms with Gasteiger partial charge in [-0.15, -0.1) is 0 Å².